The number of esters is 1. The van der Waals surface area contributed by atoms with Crippen LogP contribution in [-0.2, 0) is 20.9 Å². The second kappa shape index (κ2) is 7.85. The highest BCUT2D eigenvalue weighted by Gasteiger charge is 2.30. The maximum Gasteiger partial charge on any atom is 0.335 e. The number of rotatable bonds is 7. The van der Waals surface area contributed by atoms with E-state index in [2.05, 4.69) is 6.58 Å². The first-order valence-electron chi connectivity index (χ1n) is 7.98. The van der Waals surface area contributed by atoms with E-state index >= 15 is 0 Å². The van der Waals surface area contributed by atoms with Crippen molar-refractivity contribution >= 4 is 5.97 Å². The molecule has 2 aromatic carbocycles. The normalized spacial score (nSPS) is 14.6. The van der Waals surface area contributed by atoms with E-state index < -0.39 is 12.1 Å². The molecule has 0 N–H and O–H groups in total. The van der Waals surface area contributed by atoms with Crippen LogP contribution in [0.15, 0.2) is 61.2 Å². The number of benzene rings is 2. The van der Waals surface area contributed by atoms with Crippen LogP contribution in [0.2, 0.25) is 0 Å². The molecule has 130 valence electrons. The van der Waals surface area contributed by atoms with Crippen LogP contribution in [0.3, 0.4) is 0 Å². The lowest BCUT2D eigenvalue weighted by molar-refractivity contribution is -0.155. The Kier molecular flexibility index (Phi) is 5.36. The van der Waals surface area contributed by atoms with Crippen LogP contribution in [0.1, 0.15) is 17.0 Å². The zero-order chi connectivity index (χ0) is 17.6. The molecule has 0 radical (unpaired) electrons. The van der Waals surface area contributed by atoms with Crippen LogP contribution < -0.4 is 9.47 Å². The van der Waals surface area contributed by atoms with Crippen LogP contribution in [-0.4, -0.2) is 26.0 Å². The topological polar surface area (TPSA) is 54.0 Å². The Labute approximate surface area is 146 Å². The average molecular weight is 340 g/mol. The molecule has 0 unspecified atom stereocenters. The molecule has 0 spiro atoms. The molecule has 5 nitrogen and oxygen atoms in total. The molecule has 0 saturated carbocycles. The van der Waals surface area contributed by atoms with Crippen molar-refractivity contribution in [3.05, 3.63) is 72.3 Å². The van der Waals surface area contributed by atoms with Crippen molar-refractivity contribution in [1.82, 2.24) is 0 Å². The predicted octanol–water partition coefficient (Wildman–Crippen LogP) is 3.44. The van der Waals surface area contributed by atoms with Gasteiger partial charge >= 0.3 is 5.97 Å². The molecule has 0 saturated heterocycles. The Morgan fingerprint density at radius 1 is 1.20 bits per heavy atom. The van der Waals surface area contributed by atoms with Crippen molar-refractivity contribution in [3.63, 3.8) is 0 Å². The minimum atomic E-state index is -0.803. The van der Waals surface area contributed by atoms with E-state index in [-0.39, 0.29) is 12.7 Å². The van der Waals surface area contributed by atoms with E-state index in [0.29, 0.717) is 18.1 Å². The third kappa shape index (κ3) is 3.83. The summed E-state index contributed by atoms with van der Waals surface area (Å²) in [5, 5.41) is 0. The lowest BCUT2D eigenvalue weighted by Gasteiger charge is -2.23. The van der Waals surface area contributed by atoms with Gasteiger partial charge in [-0.25, -0.2) is 4.79 Å². The summed E-state index contributed by atoms with van der Waals surface area (Å²) in [7, 11) is 1.35. The van der Waals surface area contributed by atoms with Crippen molar-refractivity contribution in [1.29, 1.82) is 0 Å². The van der Waals surface area contributed by atoms with Gasteiger partial charge in [-0.2, -0.15) is 0 Å². The summed E-state index contributed by atoms with van der Waals surface area (Å²) in [5.74, 6) is 0.520. The number of methoxy groups -OCH3 is 1. The van der Waals surface area contributed by atoms with E-state index in [4.69, 9.17) is 18.9 Å². The number of hydrogen-bond acceptors (Lipinski definition) is 5. The summed E-state index contributed by atoms with van der Waals surface area (Å²) in [4.78, 5) is 12.3. The van der Waals surface area contributed by atoms with Crippen LogP contribution in [0, 0.1) is 0 Å². The molecule has 0 amide bonds. The predicted molar refractivity (Wildman–Crippen MR) is 92.5 cm³/mol. The first kappa shape index (κ1) is 17.0. The Morgan fingerprint density at radius 3 is 2.68 bits per heavy atom. The van der Waals surface area contributed by atoms with Crippen molar-refractivity contribution < 1.29 is 23.7 Å². The fraction of sp³-hybridized carbons (Fsp3) is 0.250. The van der Waals surface area contributed by atoms with Crippen LogP contribution in [0.25, 0.3) is 0 Å². The first-order valence-corrected chi connectivity index (χ1v) is 7.98. The molecule has 0 aliphatic carbocycles. The van der Waals surface area contributed by atoms with Crippen LogP contribution in [0.5, 0.6) is 11.5 Å². The Bertz CT molecular complexity index is 741. The number of fused-ring (bicyclic) bond motifs is 1. The van der Waals surface area contributed by atoms with Gasteiger partial charge in [0.15, 0.2) is 17.6 Å². The number of carbonyl (C=O) groups is 1. The van der Waals surface area contributed by atoms with Gasteiger partial charge in [0.05, 0.1) is 13.7 Å². The third-order valence-electron chi connectivity index (χ3n) is 4.07. The van der Waals surface area contributed by atoms with Crippen LogP contribution >= 0.6 is 0 Å². The quantitative estimate of drug-likeness (QED) is 0.571. The van der Waals surface area contributed by atoms with Gasteiger partial charge in [0.25, 0.3) is 0 Å². The molecule has 0 bridgehead atoms. The average Bonchev–Trinajstić information content (AvgIpc) is 3.13. The fourth-order valence-corrected chi connectivity index (χ4v) is 2.75. The van der Waals surface area contributed by atoms with Crippen LogP contribution in [0.4, 0.5) is 0 Å². The summed E-state index contributed by atoms with van der Waals surface area (Å²) >= 11 is 0. The molecule has 2 atom stereocenters. The second-order valence-electron chi connectivity index (χ2n) is 5.61. The number of carbonyl (C=O) groups excluding carboxylic acids is 1. The van der Waals surface area contributed by atoms with Crippen molar-refractivity contribution in [2.75, 3.05) is 13.9 Å². The SMILES string of the molecule is C=C[C@H](c1ccc2c(c1)OCO2)[C@H](OCc1ccccc1)C(=O)OC. The molecule has 2 aromatic rings. The standard InChI is InChI=1S/C20H20O5/c1-3-16(15-9-10-17-18(11-15)25-13-24-17)19(20(21)22-2)23-12-14-7-5-4-6-8-14/h3-11,16,19H,1,12-13H2,2H3/t16-,19+/m1/s1. The van der Waals surface area contributed by atoms with Crippen molar-refractivity contribution in [2.45, 2.75) is 18.6 Å². The molecular formula is C20H20O5. The zero-order valence-electron chi connectivity index (χ0n) is 14.0. The molecule has 1 aliphatic heterocycles. The van der Waals surface area contributed by atoms with Gasteiger partial charge in [0.2, 0.25) is 6.79 Å². The van der Waals surface area contributed by atoms with E-state index in [9.17, 15) is 4.79 Å². The molecule has 3 rings (SSSR count). The Hall–Kier alpha value is -2.79. The zero-order valence-corrected chi connectivity index (χ0v) is 14.0. The van der Waals surface area contributed by atoms with Gasteiger partial charge in [-0.1, -0.05) is 42.5 Å². The second-order valence-corrected chi connectivity index (χ2v) is 5.61. The molecule has 0 fully saturated rings. The fourth-order valence-electron chi connectivity index (χ4n) is 2.75. The summed E-state index contributed by atoms with van der Waals surface area (Å²) in [6.45, 7) is 4.36. The van der Waals surface area contributed by atoms with Crippen molar-refractivity contribution in [3.8, 4) is 11.5 Å². The Balaban J connectivity index is 1.82. The van der Waals surface area contributed by atoms with Gasteiger partial charge in [-0.05, 0) is 23.3 Å². The maximum atomic E-state index is 12.3. The number of ether oxygens (including phenoxy) is 4. The minimum Gasteiger partial charge on any atom is -0.467 e. The monoisotopic (exact) mass is 340 g/mol. The lowest BCUT2D eigenvalue weighted by Crippen LogP contribution is -2.31. The molecule has 1 heterocycles. The molecular weight excluding hydrogens is 320 g/mol. The summed E-state index contributed by atoms with van der Waals surface area (Å²) in [6, 6.07) is 15.2. The van der Waals surface area contributed by atoms with E-state index in [1.54, 1.807) is 6.08 Å². The highest BCUT2D eigenvalue weighted by molar-refractivity contribution is 5.76. The molecule has 25 heavy (non-hydrogen) atoms. The van der Waals surface area contributed by atoms with Gasteiger partial charge in [-0.3, -0.25) is 0 Å². The van der Waals surface area contributed by atoms with Gasteiger partial charge in [0.1, 0.15) is 0 Å². The summed E-state index contributed by atoms with van der Waals surface area (Å²) < 4.78 is 21.6. The largest absolute Gasteiger partial charge is 0.467 e. The maximum absolute atomic E-state index is 12.3. The molecule has 0 aromatic heterocycles. The Morgan fingerprint density at radius 2 is 1.96 bits per heavy atom. The van der Waals surface area contributed by atoms with Gasteiger partial charge < -0.3 is 18.9 Å². The summed E-state index contributed by atoms with van der Waals surface area (Å²) in [6.07, 6.45) is 0.882. The van der Waals surface area contributed by atoms with E-state index in [1.807, 2.05) is 48.5 Å². The molecule has 5 heteroatoms. The van der Waals surface area contributed by atoms with Gasteiger partial charge in [-0.15, -0.1) is 6.58 Å². The highest BCUT2D eigenvalue weighted by atomic mass is 16.7. The third-order valence-corrected chi connectivity index (χ3v) is 4.07. The minimum absolute atomic E-state index is 0.197. The lowest BCUT2D eigenvalue weighted by atomic mass is 9.93. The molecule has 1 aliphatic rings. The smallest absolute Gasteiger partial charge is 0.335 e. The number of hydrogen-bond donors (Lipinski definition) is 0. The summed E-state index contributed by atoms with van der Waals surface area (Å²) in [5.41, 5.74) is 1.83. The first-order chi connectivity index (χ1) is 12.2. The van der Waals surface area contributed by atoms with Crippen molar-refractivity contribution in [2.24, 2.45) is 0 Å². The van der Waals surface area contributed by atoms with E-state index in [0.717, 1.165) is 11.1 Å². The van der Waals surface area contributed by atoms with E-state index in [1.165, 1.54) is 7.11 Å². The highest BCUT2D eigenvalue weighted by Crippen LogP contribution is 2.36. The van der Waals surface area contributed by atoms with Gasteiger partial charge in [0, 0.05) is 5.92 Å².